The molecule has 32 heavy (non-hydrogen) atoms. The van der Waals surface area contributed by atoms with E-state index in [9.17, 15) is 19.5 Å². The van der Waals surface area contributed by atoms with Crippen LogP contribution in [-0.2, 0) is 19.1 Å². The van der Waals surface area contributed by atoms with Crippen LogP contribution in [0.25, 0.3) is 0 Å². The van der Waals surface area contributed by atoms with Gasteiger partial charge in [0.05, 0.1) is 5.60 Å². The second-order valence-electron chi connectivity index (χ2n) is 12.7. The molecule has 1 N–H and O–H groups in total. The molecule has 0 bridgehead atoms. The number of aliphatic hydroxyl groups is 1. The van der Waals surface area contributed by atoms with E-state index in [2.05, 4.69) is 20.8 Å². The predicted octanol–water partition coefficient (Wildman–Crippen LogP) is 4.22. The lowest BCUT2D eigenvalue weighted by atomic mass is 9.44. The van der Waals surface area contributed by atoms with Crippen molar-refractivity contribution in [1.82, 2.24) is 0 Å². The quantitative estimate of drug-likeness (QED) is 0.525. The van der Waals surface area contributed by atoms with E-state index in [4.69, 9.17) is 4.74 Å². The fourth-order valence-electron chi connectivity index (χ4n) is 9.97. The van der Waals surface area contributed by atoms with Crippen LogP contribution in [0.1, 0.15) is 79.1 Å². The summed E-state index contributed by atoms with van der Waals surface area (Å²) >= 11 is 0. The average Bonchev–Trinajstić information content (AvgIpc) is 3.61. The number of esters is 2. The molecule has 0 amide bonds. The van der Waals surface area contributed by atoms with Crippen LogP contribution >= 0.6 is 0 Å². The Morgan fingerprint density at radius 3 is 2.59 bits per heavy atom. The molecule has 0 aliphatic heterocycles. The first kappa shape index (κ1) is 21.1. The van der Waals surface area contributed by atoms with E-state index in [-0.39, 0.29) is 28.6 Å². The van der Waals surface area contributed by atoms with Crippen molar-refractivity contribution >= 4 is 17.7 Å². The maximum absolute atomic E-state index is 12.3. The fraction of sp³-hybridized carbons (Fsp3) is 0.815. The van der Waals surface area contributed by atoms with Crippen LogP contribution in [0.4, 0.5) is 0 Å². The van der Waals surface area contributed by atoms with E-state index < -0.39 is 17.5 Å². The molecule has 6 rings (SSSR count). The molecule has 10 atom stereocenters. The average molecular weight is 441 g/mol. The zero-order chi connectivity index (χ0) is 22.8. The van der Waals surface area contributed by atoms with E-state index >= 15 is 0 Å². The van der Waals surface area contributed by atoms with Gasteiger partial charge in [-0.1, -0.05) is 26.3 Å². The highest BCUT2D eigenvalue weighted by atomic mass is 16.6. The molecule has 3 unspecified atom stereocenters. The summed E-state index contributed by atoms with van der Waals surface area (Å²) in [5.74, 6) is 2.31. The normalized spacial score (nSPS) is 54.3. The number of ether oxygens (including phenoxy) is 1. The molecule has 5 nitrogen and oxygen atoms in total. The van der Waals surface area contributed by atoms with Crippen LogP contribution in [0, 0.1) is 51.8 Å². The molecule has 0 aromatic rings. The summed E-state index contributed by atoms with van der Waals surface area (Å²) in [7, 11) is 0. The molecular formula is C27H36O5. The van der Waals surface area contributed by atoms with Gasteiger partial charge in [0.2, 0.25) is 0 Å². The van der Waals surface area contributed by atoms with Gasteiger partial charge >= 0.3 is 11.9 Å². The zero-order valence-corrected chi connectivity index (χ0v) is 19.8. The van der Waals surface area contributed by atoms with Gasteiger partial charge in [-0.3, -0.25) is 14.4 Å². The molecule has 5 fully saturated rings. The van der Waals surface area contributed by atoms with Crippen molar-refractivity contribution in [2.75, 3.05) is 0 Å². The predicted molar refractivity (Wildman–Crippen MR) is 117 cm³/mol. The van der Waals surface area contributed by atoms with E-state index in [1.54, 1.807) is 0 Å². The topological polar surface area (TPSA) is 80.7 Å². The Bertz CT molecular complexity index is 967. The van der Waals surface area contributed by atoms with E-state index in [1.807, 2.05) is 6.08 Å². The minimum atomic E-state index is -0.853. The van der Waals surface area contributed by atoms with Crippen molar-refractivity contribution in [3.05, 3.63) is 11.6 Å². The van der Waals surface area contributed by atoms with Crippen LogP contribution in [0.15, 0.2) is 11.6 Å². The highest BCUT2D eigenvalue weighted by Gasteiger charge is 2.80. The Kier molecular flexibility index (Phi) is 4.04. The molecular weight excluding hydrogens is 404 g/mol. The molecule has 0 spiro atoms. The fourth-order valence-corrected chi connectivity index (χ4v) is 9.97. The third-order valence-electron chi connectivity index (χ3n) is 11.5. The smallest absolute Gasteiger partial charge is 0.313 e. The Morgan fingerprint density at radius 1 is 1.12 bits per heavy atom. The van der Waals surface area contributed by atoms with Gasteiger partial charge in [0.1, 0.15) is 0 Å². The minimum absolute atomic E-state index is 0.101. The third kappa shape index (κ3) is 2.42. The van der Waals surface area contributed by atoms with Crippen LogP contribution < -0.4 is 0 Å². The van der Waals surface area contributed by atoms with Crippen molar-refractivity contribution in [2.24, 2.45) is 51.8 Å². The van der Waals surface area contributed by atoms with Gasteiger partial charge < -0.3 is 9.84 Å². The first-order chi connectivity index (χ1) is 15.0. The van der Waals surface area contributed by atoms with Gasteiger partial charge in [-0.15, -0.1) is 0 Å². The van der Waals surface area contributed by atoms with Crippen molar-refractivity contribution in [1.29, 1.82) is 0 Å². The van der Waals surface area contributed by atoms with E-state index in [0.29, 0.717) is 48.2 Å². The summed E-state index contributed by atoms with van der Waals surface area (Å²) in [5, 5.41) is 12.1. The lowest BCUT2D eigenvalue weighted by Gasteiger charge is -2.61. The largest absolute Gasteiger partial charge is 0.393 e. The molecule has 6 aliphatic rings. The number of rotatable bonds is 3. The van der Waals surface area contributed by atoms with Crippen molar-refractivity contribution in [3.8, 4) is 0 Å². The first-order valence-corrected chi connectivity index (χ1v) is 12.6. The Labute approximate surface area is 190 Å². The van der Waals surface area contributed by atoms with E-state index in [0.717, 1.165) is 25.7 Å². The lowest BCUT2D eigenvalue weighted by molar-refractivity contribution is -0.167. The molecule has 174 valence electrons. The van der Waals surface area contributed by atoms with Gasteiger partial charge in [0.25, 0.3) is 0 Å². The number of hydrogen-bond donors (Lipinski definition) is 1. The number of carbonyl (C=O) groups is 3. The second-order valence-corrected chi connectivity index (χ2v) is 12.7. The summed E-state index contributed by atoms with van der Waals surface area (Å²) in [6.45, 7) is 8.34. The number of fused-ring (bicyclic) bond motifs is 10. The SMILES string of the molecule is CC(=O)OC(=O)CC[C@]1(O)[C@H]2C[C@H]2C2C3C(CC[C@@]21C)[C@@]1(C)CCC(=O)C=C1[C@@]1(C)C[C@@H]31. The van der Waals surface area contributed by atoms with Crippen LogP contribution in [0.3, 0.4) is 0 Å². The highest BCUT2D eigenvalue weighted by Crippen LogP contribution is 2.83. The molecule has 6 aliphatic carbocycles. The van der Waals surface area contributed by atoms with Crippen LogP contribution in [0.2, 0.25) is 0 Å². The maximum Gasteiger partial charge on any atom is 0.313 e. The third-order valence-corrected chi connectivity index (χ3v) is 11.5. The Balaban J connectivity index is 1.33. The standard InChI is InChI=1S/C27H36O5/c1-14(28)32-21(30)7-10-27(31)18-12-16(18)23-22-17(6-9-26(23,27)4)24(2)8-5-15(29)11-20(24)25(3)13-19(22)25/h11,16-19,22-23,31H,5-10,12-13H2,1-4H3/t16-,17?,18+,19+,22?,23?,24-,25+,26+,27+/m1/s1. The van der Waals surface area contributed by atoms with Gasteiger partial charge in [-0.25, -0.2) is 0 Å². The number of allylic oxidation sites excluding steroid dienone is 1. The summed E-state index contributed by atoms with van der Waals surface area (Å²) in [6, 6.07) is 0. The molecule has 5 saturated carbocycles. The zero-order valence-electron chi connectivity index (χ0n) is 19.8. The van der Waals surface area contributed by atoms with Crippen LogP contribution in [0.5, 0.6) is 0 Å². The minimum Gasteiger partial charge on any atom is -0.393 e. The highest BCUT2D eigenvalue weighted by molar-refractivity contribution is 5.92. The monoisotopic (exact) mass is 440 g/mol. The number of hydrogen-bond acceptors (Lipinski definition) is 5. The van der Waals surface area contributed by atoms with Crippen molar-refractivity contribution < 1.29 is 24.2 Å². The van der Waals surface area contributed by atoms with Crippen molar-refractivity contribution in [3.63, 3.8) is 0 Å². The number of carbonyl (C=O) groups excluding carboxylic acids is 3. The molecule has 0 saturated heterocycles. The maximum atomic E-state index is 12.3. The molecule has 5 heteroatoms. The molecule has 0 aromatic carbocycles. The molecule has 0 radical (unpaired) electrons. The Morgan fingerprint density at radius 2 is 1.88 bits per heavy atom. The molecule has 0 aromatic heterocycles. The summed E-state index contributed by atoms with van der Waals surface area (Å²) in [6.07, 6.45) is 8.45. The molecule has 0 heterocycles. The van der Waals surface area contributed by atoms with Crippen molar-refractivity contribution in [2.45, 2.75) is 84.7 Å². The Hall–Kier alpha value is -1.49. The lowest BCUT2D eigenvalue weighted by Crippen LogP contribution is -2.58. The van der Waals surface area contributed by atoms with Gasteiger partial charge in [0.15, 0.2) is 5.78 Å². The first-order valence-electron chi connectivity index (χ1n) is 12.6. The van der Waals surface area contributed by atoms with Crippen LogP contribution in [-0.4, -0.2) is 28.4 Å². The summed E-state index contributed by atoms with van der Waals surface area (Å²) in [5.41, 5.74) is 0.653. The summed E-state index contributed by atoms with van der Waals surface area (Å²) < 4.78 is 4.75. The summed E-state index contributed by atoms with van der Waals surface area (Å²) in [4.78, 5) is 35.6. The van der Waals surface area contributed by atoms with Gasteiger partial charge in [-0.2, -0.15) is 0 Å². The van der Waals surface area contributed by atoms with Gasteiger partial charge in [0, 0.05) is 19.8 Å². The number of ketones is 1. The van der Waals surface area contributed by atoms with Gasteiger partial charge in [-0.05, 0) is 96.4 Å². The van der Waals surface area contributed by atoms with E-state index in [1.165, 1.54) is 18.9 Å². The second kappa shape index (κ2) is 6.14.